The van der Waals surface area contributed by atoms with Gasteiger partial charge in [-0.2, -0.15) is 0 Å². The minimum absolute atomic E-state index is 0.839. The highest BCUT2D eigenvalue weighted by Gasteiger charge is 1.94. The Morgan fingerprint density at radius 1 is 1.07 bits per heavy atom. The SMILES string of the molecule is Sc1cccc(Nc2ccccn2)c1. The van der Waals surface area contributed by atoms with E-state index in [1.807, 2.05) is 42.5 Å². The molecule has 0 bridgehead atoms. The molecule has 70 valence electrons. The van der Waals surface area contributed by atoms with E-state index < -0.39 is 0 Å². The normalized spacial score (nSPS) is 9.79. The van der Waals surface area contributed by atoms with Crippen molar-refractivity contribution in [2.24, 2.45) is 0 Å². The van der Waals surface area contributed by atoms with Crippen LogP contribution in [0.4, 0.5) is 11.5 Å². The van der Waals surface area contributed by atoms with Crippen LogP contribution in [0.2, 0.25) is 0 Å². The lowest BCUT2D eigenvalue weighted by Crippen LogP contribution is -1.91. The van der Waals surface area contributed by atoms with Crippen LogP contribution in [0.3, 0.4) is 0 Å². The van der Waals surface area contributed by atoms with Crippen LogP contribution in [0, 0.1) is 0 Å². The van der Waals surface area contributed by atoms with Gasteiger partial charge >= 0.3 is 0 Å². The van der Waals surface area contributed by atoms with Gasteiger partial charge in [-0.1, -0.05) is 12.1 Å². The van der Waals surface area contributed by atoms with E-state index in [0.717, 1.165) is 16.4 Å². The second-order valence-corrected chi connectivity index (χ2v) is 3.41. The molecule has 1 N–H and O–H groups in total. The number of pyridine rings is 1. The van der Waals surface area contributed by atoms with Crippen molar-refractivity contribution in [1.29, 1.82) is 0 Å². The smallest absolute Gasteiger partial charge is 0.130 e. The lowest BCUT2D eigenvalue weighted by atomic mass is 10.3. The Labute approximate surface area is 88.4 Å². The van der Waals surface area contributed by atoms with Gasteiger partial charge in [-0.05, 0) is 30.3 Å². The molecule has 0 saturated heterocycles. The number of benzene rings is 1. The van der Waals surface area contributed by atoms with Gasteiger partial charge in [0.05, 0.1) is 0 Å². The maximum Gasteiger partial charge on any atom is 0.130 e. The zero-order chi connectivity index (χ0) is 9.80. The third-order valence-electron chi connectivity index (χ3n) is 1.78. The van der Waals surface area contributed by atoms with Gasteiger partial charge in [0.1, 0.15) is 5.82 Å². The summed E-state index contributed by atoms with van der Waals surface area (Å²) >= 11 is 4.26. The summed E-state index contributed by atoms with van der Waals surface area (Å²) in [4.78, 5) is 5.10. The molecule has 0 aliphatic rings. The molecule has 0 unspecified atom stereocenters. The van der Waals surface area contributed by atoms with Crippen LogP contribution in [0.15, 0.2) is 53.6 Å². The summed E-state index contributed by atoms with van der Waals surface area (Å²) in [7, 11) is 0. The molecule has 2 aromatic rings. The van der Waals surface area contributed by atoms with Gasteiger partial charge in [-0.3, -0.25) is 0 Å². The fourth-order valence-electron chi connectivity index (χ4n) is 1.17. The molecule has 14 heavy (non-hydrogen) atoms. The molecule has 0 fully saturated rings. The minimum atomic E-state index is 0.839. The lowest BCUT2D eigenvalue weighted by molar-refractivity contribution is 1.30. The highest BCUT2D eigenvalue weighted by atomic mass is 32.1. The first-order valence-corrected chi connectivity index (χ1v) is 4.76. The predicted molar refractivity (Wildman–Crippen MR) is 61.2 cm³/mol. The van der Waals surface area contributed by atoms with Gasteiger partial charge in [-0.25, -0.2) is 4.98 Å². The van der Waals surface area contributed by atoms with Crippen molar-refractivity contribution >= 4 is 24.1 Å². The van der Waals surface area contributed by atoms with Crippen molar-refractivity contribution in [3.05, 3.63) is 48.7 Å². The second-order valence-electron chi connectivity index (χ2n) is 2.89. The molecule has 0 saturated carbocycles. The third kappa shape index (κ3) is 2.26. The lowest BCUT2D eigenvalue weighted by Gasteiger charge is -2.04. The Bertz CT molecular complexity index is 415. The number of anilines is 2. The fourth-order valence-corrected chi connectivity index (χ4v) is 1.39. The molecule has 2 rings (SSSR count). The van der Waals surface area contributed by atoms with Crippen molar-refractivity contribution < 1.29 is 0 Å². The summed E-state index contributed by atoms with van der Waals surface area (Å²) in [6.45, 7) is 0. The van der Waals surface area contributed by atoms with Crippen LogP contribution in [-0.4, -0.2) is 4.98 Å². The van der Waals surface area contributed by atoms with Crippen LogP contribution < -0.4 is 5.32 Å². The number of aromatic nitrogens is 1. The average Bonchev–Trinajstić information content (AvgIpc) is 2.19. The number of hydrogen-bond acceptors (Lipinski definition) is 3. The molecule has 1 aromatic carbocycles. The Morgan fingerprint density at radius 3 is 2.71 bits per heavy atom. The average molecular weight is 202 g/mol. The van der Waals surface area contributed by atoms with Gasteiger partial charge < -0.3 is 5.32 Å². The summed E-state index contributed by atoms with van der Waals surface area (Å²) in [5.41, 5.74) is 0.996. The Morgan fingerprint density at radius 2 is 2.00 bits per heavy atom. The molecule has 0 amide bonds. The molecule has 2 nitrogen and oxygen atoms in total. The van der Waals surface area contributed by atoms with E-state index >= 15 is 0 Å². The van der Waals surface area contributed by atoms with Crippen molar-refractivity contribution in [2.75, 3.05) is 5.32 Å². The standard InChI is InChI=1S/C11H10N2S/c14-10-5-3-4-9(8-10)13-11-6-1-2-7-12-11/h1-8,14H,(H,12,13). The van der Waals surface area contributed by atoms with Crippen LogP contribution in [0.1, 0.15) is 0 Å². The number of hydrogen-bond donors (Lipinski definition) is 2. The maximum atomic E-state index is 4.26. The molecule has 1 heterocycles. The van der Waals surface area contributed by atoms with E-state index in [4.69, 9.17) is 0 Å². The molecule has 0 aliphatic carbocycles. The summed E-state index contributed by atoms with van der Waals surface area (Å²) in [5, 5.41) is 3.18. The molecule has 0 spiro atoms. The monoisotopic (exact) mass is 202 g/mol. The highest BCUT2D eigenvalue weighted by Crippen LogP contribution is 2.17. The Hall–Kier alpha value is -1.48. The van der Waals surface area contributed by atoms with E-state index in [9.17, 15) is 0 Å². The van der Waals surface area contributed by atoms with Gasteiger partial charge in [0.2, 0.25) is 0 Å². The molecule has 0 aliphatic heterocycles. The third-order valence-corrected chi connectivity index (χ3v) is 2.06. The van der Waals surface area contributed by atoms with Gasteiger partial charge in [-0.15, -0.1) is 12.6 Å². The fraction of sp³-hybridized carbons (Fsp3) is 0. The number of nitrogens with zero attached hydrogens (tertiary/aromatic N) is 1. The first kappa shape index (κ1) is 9.09. The Kier molecular flexibility index (Phi) is 2.70. The van der Waals surface area contributed by atoms with Crippen molar-refractivity contribution in [2.45, 2.75) is 4.90 Å². The van der Waals surface area contributed by atoms with Crippen LogP contribution in [-0.2, 0) is 0 Å². The van der Waals surface area contributed by atoms with E-state index in [1.165, 1.54) is 0 Å². The van der Waals surface area contributed by atoms with E-state index in [-0.39, 0.29) is 0 Å². The van der Waals surface area contributed by atoms with Crippen LogP contribution >= 0.6 is 12.6 Å². The largest absolute Gasteiger partial charge is 0.340 e. The van der Waals surface area contributed by atoms with Crippen molar-refractivity contribution in [3.8, 4) is 0 Å². The molecule has 3 heteroatoms. The molecule has 0 radical (unpaired) electrons. The predicted octanol–water partition coefficient (Wildman–Crippen LogP) is 3.11. The molecule has 0 atom stereocenters. The zero-order valence-electron chi connectivity index (χ0n) is 7.51. The van der Waals surface area contributed by atoms with Gasteiger partial charge in [0.15, 0.2) is 0 Å². The number of nitrogens with one attached hydrogen (secondary N) is 1. The molecular weight excluding hydrogens is 192 g/mol. The van der Waals surface area contributed by atoms with Crippen LogP contribution in [0.5, 0.6) is 0 Å². The summed E-state index contributed by atoms with van der Waals surface area (Å²) in [6.07, 6.45) is 1.76. The summed E-state index contributed by atoms with van der Waals surface area (Å²) in [5.74, 6) is 0.839. The molecule has 1 aromatic heterocycles. The maximum absolute atomic E-state index is 4.26. The first-order chi connectivity index (χ1) is 6.84. The zero-order valence-corrected chi connectivity index (χ0v) is 8.41. The summed E-state index contributed by atoms with van der Waals surface area (Å²) in [6, 6.07) is 13.6. The quantitative estimate of drug-likeness (QED) is 0.731. The summed E-state index contributed by atoms with van der Waals surface area (Å²) < 4.78 is 0. The van der Waals surface area contributed by atoms with Crippen LogP contribution in [0.25, 0.3) is 0 Å². The highest BCUT2D eigenvalue weighted by molar-refractivity contribution is 7.80. The topological polar surface area (TPSA) is 24.9 Å². The van der Waals surface area contributed by atoms with Crippen molar-refractivity contribution in [1.82, 2.24) is 4.98 Å². The van der Waals surface area contributed by atoms with E-state index in [1.54, 1.807) is 6.20 Å². The molecular formula is C11H10N2S. The Balaban J connectivity index is 2.19. The van der Waals surface area contributed by atoms with Crippen molar-refractivity contribution in [3.63, 3.8) is 0 Å². The van der Waals surface area contributed by atoms with Gasteiger partial charge in [0, 0.05) is 16.8 Å². The van der Waals surface area contributed by atoms with E-state index in [2.05, 4.69) is 22.9 Å². The van der Waals surface area contributed by atoms with E-state index in [0.29, 0.717) is 0 Å². The number of thiol groups is 1. The minimum Gasteiger partial charge on any atom is -0.340 e. The second kappa shape index (κ2) is 4.15. The first-order valence-electron chi connectivity index (χ1n) is 4.32. The van der Waals surface area contributed by atoms with Gasteiger partial charge in [0.25, 0.3) is 0 Å². The number of rotatable bonds is 2.